The molecule has 0 bridgehead atoms. The molecule has 0 aromatic rings. The second kappa shape index (κ2) is 4.34. The van der Waals surface area contributed by atoms with E-state index >= 15 is 0 Å². The summed E-state index contributed by atoms with van der Waals surface area (Å²) in [6.07, 6.45) is 2.43. The Hall–Kier alpha value is -0.610. The topological polar surface area (TPSA) is 55.6 Å². The van der Waals surface area contributed by atoms with Gasteiger partial charge in [0.1, 0.15) is 0 Å². The van der Waals surface area contributed by atoms with Crippen molar-refractivity contribution in [1.29, 1.82) is 0 Å². The fourth-order valence-electron chi connectivity index (χ4n) is 3.01. The fraction of sp³-hybridized carbons (Fsp3) is 0.917. The molecule has 0 radical (unpaired) electrons. The molecule has 1 saturated heterocycles. The van der Waals surface area contributed by atoms with Gasteiger partial charge in [-0.15, -0.1) is 0 Å². The third kappa shape index (κ3) is 2.74. The van der Waals surface area contributed by atoms with Crippen molar-refractivity contribution in [2.75, 3.05) is 7.05 Å². The first-order chi connectivity index (χ1) is 7.19. The van der Waals surface area contributed by atoms with Crippen LogP contribution in [0.25, 0.3) is 0 Å². The van der Waals surface area contributed by atoms with Gasteiger partial charge in [-0.3, -0.25) is 9.69 Å². The summed E-state index contributed by atoms with van der Waals surface area (Å²) in [7, 11) is 2.15. The van der Waals surface area contributed by atoms with Crippen LogP contribution >= 0.6 is 0 Å². The number of likely N-dealkylation sites (tertiary alicyclic amines) is 1. The molecule has 1 rings (SSSR count). The first-order valence-electron chi connectivity index (χ1n) is 5.82. The van der Waals surface area contributed by atoms with Crippen LogP contribution in [0.4, 0.5) is 0 Å². The van der Waals surface area contributed by atoms with Crippen molar-refractivity contribution in [2.24, 2.45) is 11.8 Å². The third-order valence-corrected chi connectivity index (χ3v) is 3.98. The zero-order chi connectivity index (χ0) is 12.6. The Bertz CT molecular complexity index is 256. The molecule has 4 heteroatoms. The van der Waals surface area contributed by atoms with E-state index in [4.69, 9.17) is 5.90 Å². The lowest BCUT2D eigenvalue weighted by Crippen LogP contribution is -2.58. The van der Waals surface area contributed by atoms with Crippen LogP contribution in [0.15, 0.2) is 0 Å². The molecule has 1 aliphatic heterocycles. The van der Waals surface area contributed by atoms with E-state index < -0.39 is 0 Å². The number of carbonyl (C=O) groups is 1. The van der Waals surface area contributed by atoms with Gasteiger partial charge in [0.05, 0.1) is 6.42 Å². The predicted octanol–water partition coefficient (Wildman–Crippen LogP) is 1.69. The lowest BCUT2D eigenvalue weighted by Gasteiger charge is -2.53. The van der Waals surface area contributed by atoms with Gasteiger partial charge in [-0.25, -0.2) is 0 Å². The Labute approximate surface area is 98.1 Å². The van der Waals surface area contributed by atoms with Gasteiger partial charge in [-0.05, 0) is 53.5 Å². The second-order valence-electron chi connectivity index (χ2n) is 6.15. The van der Waals surface area contributed by atoms with Gasteiger partial charge in [0.15, 0.2) is 0 Å². The average molecular weight is 228 g/mol. The maximum absolute atomic E-state index is 11.2. The molecule has 4 nitrogen and oxygen atoms in total. The lowest BCUT2D eigenvalue weighted by molar-refractivity contribution is -0.147. The fourth-order valence-corrected chi connectivity index (χ4v) is 3.01. The molecule has 0 saturated carbocycles. The van der Waals surface area contributed by atoms with Crippen LogP contribution in [0.5, 0.6) is 0 Å². The van der Waals surface area contributed by atoms with E-state index in [1.807, 2.05) is 0 Å². The van der Waals surface area contributed by atoms with Crippen molar-refractivity contribution >= 4 is 5.97 Å². The average Bonchev–Trinajstić information content (AvgIpc) is 2.13. The first-order valence-corrected chi connectivity index (χ1v) is 5.82. The SMILES string of the molecule is CN1C(C)(C)CC(CC(=O)ON)CC1(C)C. The summed E-state index contributed by atoms with van der Waals surface area (Å²) >= 11 is 0. The molecule has 1 aliphatic rings. The Morgan fingerprint density at radius 1 is 1.31 bits per heavy atom. The van der Waals surface area contributed by atoms with Crippen molar-refractivity contribution in [1.82, 2.24) is 4.90 Å². The number of piperidine rings is 1. The van der Waals surface area contributed by atoms with Crippen LogP contribution < -0.4 is 5.90 Å². The smallest absolute Gasteiger partial charge is 0.324 e. The van der Waals surface area contributed by atoms with E-state index in [0.717, 1.165) is 12.8 Å². The van der Waals surface area contributed by atoms with Gasteiger partial charge in [-0.1, -0.05) is 0 Å². The Balaban J connectivity index is 2.75. The molecule has 1 fully saturated rings. The molecule has 0 atom stereocenters. The van der Waals surface area contributed by atoms with Crippen molar-refractivity contribution in [3.05, 3.63) is 0 Å². The van der Waals surface area contributed by atoms with Crippen LogP contribution in [0.1, 0.15) is 47.0 Å². The third-order valence-electron chi connectivity index (χ3n) is 3.98. The van der Waals surface area contributed by atoms with Crippen LogP contribution in [0, 0.1) is 5.92 Å². The zero-order valence-corrected chi connectivity index (χ0v) is 11.0. The molecule has 0 amide bonds. The summed E-state index contributed by atoms with van der Waals surface area (Å²) in [5.41, 5.74) is 0.225. The molecular weight excluding hydrogens is 204 g/mol. The van der Waals surface area contributed by atoms with Gasteiger partial charge < -0.3 is 4.84 Å². The molecule has 0 aliphatic carbocycles. The highest BCUT2D eigenvalue weighted by atomic mass is 16.7. The summed E-state index contributed by atoms with van der Waals surface area (Å²) in [5.74, 6) is 4.95. The molecule has 0 spiro atoms. The van der Waals surface area contributed by atoms with E-state index in [2.05, 4.69) is 44.5 Å². The highest BCUT2D eigenvalue weighted by molar-refractivity contribution is 5.69. The highest BCUT2D eigenvalue weighted by Crippen LogP contribution is 2.41. The molecule has 16 heavy (non-hydrogen) atoms. The standard InChI is InChI=1S/C12H24N2O2/c1-11(2)7-9(6-10(15)16-13)8-12(3,4)14(11)5/h9H,6-8,13H2,1-5H3. The number of carbonyl (C=O) groups excluding carboxylic acids is 1. The Morgan fingerprint density at radius 2 is 1.75 bits per heavy atom. The van der Waals surface area contributed by atoms with E-state index in [0.29, 0.717) is 12.3 Å². The van der Waals surface area contributed by atoms with Gasteiger partial charge >= 0.3 is 5.97 Å². The summed E-state index contributed by atoms with van der Waals surface area (Å²) in [5, 5.41) is 0. The monoisotopic (exact) mass is 228 g/mol. The van der Waals surface area contributed by atoms with Crippen LogP contribution in [0.2, 0.25) is 0 Å². The minimum atomic E-state index is -0.304. The molecule has 2 N–H and O–H groups in total. The normalized spacial score (nSPS) is 25.4. The number of nitrogens with zero attached hydrogens (tertiary/aromatic N) is 1. The van der Waals surface area contributed by atoms with E-state index in [1.54, 1.807) is 0 Å². The van der Waals surface area contributed by atoms with Crippen molar-refractivity contribution in [3.8, 4) is 0 Å². The quantitative estimate of drug-likeness (QED) is 0.731. The van der Waals surface area contributed by atoms with Gasteiger partial charge in [0, 0.05) is 11.1 Å². The van der Waals surface area contributed by atoms with Crippen molar-refractivity contribution < 1.29 is 9.63 Å². The van der Waals surface area contributed by atoms with Crippen LogP contribution in [-0.2, 0) is 9.63 Å². The number of rotatable bonds is 2. The minimum Gasteiger partial charge on any atom is -0.373 e. The molecule has 0 unspecified atom stereocenters. The lowest BCUT2D eigenvalue weighted by atomic mass is 9.73. The molecule has 0 aromatic carbocycles. The van der Waals surface area contributed by atoms with E-state index in [-0.39, 0.29) is 17.0 Å². The van der Waals surface area contributed by atoms with Crippen LogP contribution in [0.3, 0.4) is 0 Å². The second-order valence-corrected chi connectivity index (χ2v) is 6.15. The molecule has 94 valence electrons. The maximum atomic E-state index is 11.2. The summed E-state index contributed by atoms with van der Waals surface area (Å²) < 4.78 is 0. The van der Waals surface area contributed by atoms with Gasteiger partial charge in [-0.2, -0.15) is 5.90 Å². The largest absolute Gasteiger partial charge is 0.373 e. The summed E-state index contributed by atoms with van der Waals surface area (Å²) in [6, 6.07) is 0. The van der Waals surface area contributed by atoms with Crippen molar-refractivity contribution in [2.45, 2.75) is 58.0 Å². The van der Waals surface area contributed by atoms with Gasteiger partial charge in [0.25, 0.3) is 0 Å². The number of nitrogens with two attached hydrogens (primary N) is 1. The zero-order valence-electron chi connectivity index (χ0n) is 11.0. The van der Waals surface area contributed by atoms with Crippen LogP contribution in [-0.4, -0.2) is 29.0 Å². The molecule has 0 aromatic heterocycles. The molecular formula is C12H24N2O2. The highest BCUT2D eigenvalue weighted by Gasteiger charge is 2.43. The first kappa shape index (κ1) is 13.5. The summed E-state index contributed by atoms with van der Waals surface area (Å²) in [4.78, 5) is 17.9. The van der Waals surface area contributed by atoms with Crippen molar-refractivity contribution in [3.63, 3.8) is 0 Å². The summed E-state index contributed by atoms with van der Waals surface area (Å²) in [6.45, 7) is 8.87. The maximum Gasteiger partial charge on any atom is 0.324 e. The minimum absolute atomic E-state index is 0.112. The predicted molar refractivity (Wildman–Crippen MR) is 63.5 cm³/mol. The Kier molecular flexibility index (Phi) is 3.65. The van der Waals surface area contributed by atoms with E-state index in [9.17, 15) is 4.79 Å². The Morgan fingerprint density at radius 3 is 2.12 bits per heavy atom. The van der Waals surface area contributed by atoms with E-state index in [1.165, 1.54) is 0 Å². The molecule has 1 heterocycles. The number of hydrogen-bond donors (Lipinski definition) is 1. The number of hydrogen-bond acceptors (Lipinski definition) is 4. The van der Waals surface area contributed by atoms with Gasteiger partial charge in [0.2, 0.25) is 0 Å².